The number of hydrogen-bond acceptors (Lipinski definition) is 3. The van der Waals surface area contributed by atoms with Gasteiger partial charge in [-0.15, -0.1) is 0 Å². The molecule has 4 heteroatoms. The molecular weight excluding hydrogens is 362 g/mol. The topological polar surface area (TPSA) is 38.8 Å². The molecule has 1 amide bonds. The van der Waals surface area contributed by atoms with Gasteiger partial charge < -0.3 is 14.4 Å². The third-order valence-corrected chi connectivity index (χ3v) is 5.46. The van der Waals surface area contributed by atoms with Crippen LogP contribution < -0.4 is 9.47 Å². The maximum atomic E-state index is 13.4. The average Bonchev–Trinajstić information content (AvgIpc) is 3.21. The second-order valence-corrected chi connectivity index (χ2v) is 7.40. The Balaban J connectivity index is 1.60. The molecule has 1 atom stereocenters. The second kappa shape index (κ2) is 8.39. The van der Waals surface area contributed by atoms with Crippen LogP contribution in [-0.2, 0) is 17.8 Å². The van der Waals surface area contributed by atoms with Crippen LogP contribution in [0.3, 0.4) is 0 Å². The van der Waals surface area contributed by atoms with Gasteiger partial charge in [0.2, 0.25) is 12.7 Å². The molecule has 4 rings (SSSR count). The summed E-state index contributed by atoms with van der Waals surface area (Å²) in [5.41, 5.74) is 4.40. The van der Waals surface area contributed by atoms with Crippen LogP contribution in [0.1, 0.15) is 35.2 Å². The lowest BCUT2D eigenvalue weighted by atomic mass is 10.0. The molecule has 29 heavy (non-hydrogen) atoms. The summed E-state index contributed by atoms with van der Waals surface area (Å²) in [6, 6.07) is 24.1. The van der Waals surface area contributed by atoms with Gasteiger partial charge in [0.1, 0.15) is 0 Å². The van der Waals surface area contributed by atoms with Gasteiger partial charge in [-0.1, -0.05) is 60.7 Å². The van der Waals surface area contributed by atoms with E-state index in [9.17, 15) is 4.79 Å². The third-order valence-electron chi connectivity index (χ3n) is 5.46. The minimum atomic E-state index is -0.0303. The van der Waals surface area contributed by atoms with Crippen LogP contribution in [0.25, 0.3) is 0 Å². The summed E-state index contributed by atoms with van der Waals surface area (Å²) in [6.45, 7) is 4.98. The van der Waals surface area contributed by atoms with Gasteiger partial charge in [-0.25, -0.2) is 0 Å². The van der Waals surface area contributed by atoms with E-state index in [1.165, 1.54) is 5.56 Å². The maximum absolute atomic E-state index is 13.4. The van der Waals surface area contributed by atoms with E-state index in [1.54, 1.807) is 0 Å². The Hall–Kier alpha value is -3.27. The van der Waals surface area contributed by atoms with E-state index < -0.39 is 0 Å². The number of carbonyl (C=O) groups is 1. The summed E-state index contributed by atoms with van der Waals surface area (Å²) in [5.74, 6) is 1.52. The zero-order valence-electron chi connectivity index (χ0n) is 16.8. The zero-order chi connectivity index (χ0) is 20.2. The van der Waals surface area contributed by atoms with E-state index in [-0.39, 0.29) is 18.7 Å². The van der Waals surface area contributed by atoms with E-state index >= 15 is 0 Å². The van der Waals surface area contributed by atoms with Crippen LogP contribution in [-0.4, -0.2) is 17.6 Å². The molecule has 1 aliphatic rings. The molecule has 0 bridgehead atoms. The van der Waals surface area contributed by atoms with Gasteiger partial charge in [0.15, 0.2) is 11.5 Å². The number of nitrogens with zero attached hydrogens (tertiary/aromatic N) is 1. The molecule has 0 saturated carbocycles. The smallest absolute Gasteiger partial charge is 0.231 e. The number of aryl methyl sites for hydroxylation is 1. The molecule has 0 spiro atoms. The molecular formula is C25H25NO3. The SMILES string of the molecule is Cc1ccccc1CN(C(=O)Cc1ccc2c(c1)OCO2)[C@H](C)c1ccccc1. The van der Waals surface area contributed by atoms with Crippen molar-refractivity contribution >= 4 is 5.91 Å². The Labute approximate surface area is 171 Å². The van der Waals surface area contributed by atoms with E-state index in [2.05, 4.69) is 38.1 Å². The highest BCUT2D eigenvalue weighted by Crippen LogP contribution is 2.33. The van der Waals surface area contributed by atoms with Crippen LogP contribution in [0, 0.1) is 6.92 Å². The van der Waals surface area contributed by atoms with Crippen LogP contribution in [0.4, 0.5) is 0 Å². The zero-order valence-corrected chi connectivity index (χ0v) is 16.8. The lowest BCUT2D eigenvalue weighted by molar-refractivity contribution is -0.133. The quantitative estimate of drug-likeness (QED) is 0.594. The number of ether oxygens (including phenoxy) is 2. The first-order valence-electron chi connectivity index (χ1n) is 9.89. The van der Waals surface area contributed by atoms with Crippen molar-refractivity contribution in [3.05, 3.63) is 95.1 Å². The van der Waals surface area contributed by atoms with Crippen LogP contribution in [0.5, 0.6) is 11.5 Å². The number of rotatable bonds is 6. The van der Waals surface area contributed by atoms with Crippen molar-refractivity contribution in [2.75, 3.05) is 6.79 Å². The summed E-state index contributed by atoms with van der Waals surface area (Å²) in [4.78, 5) is 15.4. The van der Waals surface area contributed by atoms with Crippen molar-refractivity contribution in [3.8, 4) is 11.5 Å². The average molecular weight is 387 g/mol. The van der Waals surface area contributed by atoms with Crippen LogP contribution in [0.15, 0.2) is 72.8 Å². The Bertz CT molecular complexity index is 1000. The molecule has 0 aliphatic carbocycles. The third kappa shape index (κ3) is 4.27. The number of amides is 1. The van der Waals surface area contributed by atoms with E-state index in [0.717, 1.165) is 22.4 Å². The first kappa shape index (κ1) is 19.1. The fourth-order valence-corrected chi connectivity index (χ4v) is 3.65. The number of carbonyl (C=O) groups excluding carboxylic acids is 1. The van der Waals surface area contributed by atoms with Gasteiger partial charge in [-0.3, -0.25) is 4.79 Å². The standard InChI is InChI=1S/C25H25NO3/c1-18-8-6-7-11-22(18)16-26(19(2)21-9-4-3-5-10-21)25(27)15-20-12-13-23-24(14-20)29-17-28-23/h3-14,19H,15-17H2,1-2H3/t19-/m1/s1. The molecule has 1 aliphatic heterocycles. The minimum Gasteiger partial charge on any atom is -0.454 e. The Morgan fingerprint density at radius 1 is 0.966 bits per heavy atom. The lowest BCUT2D eigenvalue weighted by Gasteiger charge is -2.30. The van der Waals surface area contributed by atoms with E-state index in [4.69, 9.17) is 9.47 Å². The summed E-state index contributed by atoms with van der Waals surface area (Å²) in [7, 11) is 0. The van der Waals surface area contributed by atoms with Crippen molar-refractivity contribution in [1.29, 1.82) is 0 Å². The lowest BCUT2D eigenvalue weighted by Crippen LogP contribution is -2.34. The van der Waals surface area contributed by atoms with Gasteiger partial charge in [0, 0.05) is 6.54 Å². The van der Waals surface area contributed by atoms with Crippen molar-refractivity contribution in [1.82, 2.24) is 4.90 Å². The molecule has 0 radical (unpaired) electrons. The largest absolute Gasteiger partial charge is 0.454 e. The normalized spacial score (nSPS) is 13.2. The van der Waals surface area contributed by atoms with Crippen molar-refractivity contribution in [3.63, 3.8) is 0 Å². The molecule has 3 aromatic carbocycles. The number of fused-ring (bicyclic) bond motifs is 1. The molecule has 0 N–H and O–H groups in total. The van der Waals surface area contributed by atoms with Crippen LogP contribution in [0.2, 0.25) is 0 Å². The van der Waals surface area contributed by atoms with Crippen molar-refractivity contribution < 1.29 is 14.3 Å². The highest BCUT2D eigenvalue weighted by molar-refractivity contribution is 5.79. The predicted octanol–water partition coefficient (Wildman–Crippen LogP) is 5.06. The first-order chi connectivity index (χ1) is 14.1. The van der Waals surface area contributed by atoms with Gasteiger partial charge in [0.05, 0.1) is 12.5 Å². The molecule has 0 fully saturated rings. The highest BCUT2D eigenvalue weighted by atomic mass is 16.7. The minimum absolute atomic E-state index is 0.0303. The van der Waals surface area contributed by atoms with Crippen molar-refractivity contribution in [2.45, 2.75) is 32.9 Å². The molecule has 4 nitrogen and oxygen atoms in total. The fraction of sp³-hybridized carbons (Fsp3) is 0.240. The molecule has 1 heterocycles. The van der Waals surface area contributed by atoms with E-state index in [1.807, 2.05) is 53.4 Å². The monoisotopic (exact) mass is 387 g/mol. The van der Waals surface area contributed by atoms with Gasteiger partial charge in [-0.05, 0) is 48.2 Å². The number of benzene rings is 3. The first-order valence-corrected chi connectivity index (χ1v) is 9.89. The van der Waals surface area contributed by atoms with Gasteiger partial charge in [-0.2, -0.15) is 0 Å². The highest BCUT2D eigenvalue weighted by Gasteiger charge is 2.23. The molecule has 0 saturated heterocycles. The number of hydrogen-bond donors (Lipinski definition) is 0. The van der Waals surface area contributed by atoms with Crippen molar-refractivity contribution in [2.24, 2.45) is 0 Å². The Morgan fingerprint density at radius 2 is 1.69 bits per heavy atom. The summed E-state index contributed by atoms with van der Waals surface area (Å²) in [5, 5.41) is 0. The Kier molecular flexibility index (Phi) is 5.52. The van der Waals surface area contributed by atoms with Gasteiger partial charge in [0.25, 0.3) is 0 Å². The van der Waals surface area contributed by atoms with Crippen LogP contribution >= 0.6 is 0 Å². The molecule has 0 unspecified atom stereocenters. The fourth-order valence-electron chi connectivity index (χ4n) is 3.65. The predicted molar refractivity (Wildman–Crippen MR) is 113 cm³/mol. The Morgan fingerprint density at radius 3 is 2.48 bits per heavy atom. The summed E-state index contributed by atoms with van der Waals surface area (Å²) < 4.78 is 10.8. The molecule has 148 valence electrons. The van der Waals surface area contributed by atoms with Gasteiger partial charge >= 0.3 is 0 Å². The second-order valence-electron chi connectivity index (χ2n) is 7.40. The summed E-state index contributed by atoms with van der Waals surface area (Å²) >= 11 is 0. The molecule has 0 aromatic heterocycles. The molecule has 3 aromatic rings. The summed E-state index contributed by atoms with van der Waals surface area (Å²) in [6.07, 6.45) is 0.319. The van der Waals surface area contributed by atoms with E-state index in [0.29, 0.717) is 18.7 Å². The maximum Gasteiger partial charge on any atom is 0.231 e.